The maximum absolute atomic E-state index is 5.72. The van der Waals surface area contributed by atoms with E-state index in [2.05, 4.69) is 35.7 Å². The molecule has 1 aromatic rings. The Morgan fingerprint density at radius 2 is 2.14 bits per heavy atom. The van der Waals surface area contributed by atoms with Crippen LogP contribution in [-0.2, 0) is 6.54 Å². The van der Waals surface area contributed by atoms with Crippen LogP contribution in [0.15, 0.2) is 12.3 Å². The van der Waals surface area contributed by atoms with Gasteiger partial charge in [-0.05, 0) is 45.2 Å². The molecule has 1 atom stereocenters. The predicted octanol–water partition coefficient (Wildman–Crippen LogP) is 3.34. The van der Waals surface area contributed by atoms with Gasteiger partial charge in [0.05, 0.1) is 5.69 Å². The summed E-state index contributed by atoms with van der Waals surface area (Å²) in [4.78, 5) is 2.62. The van der Waals surface area contributed by atoms with Crippen molar-refractivity contribution in [3.63, 3.8) is 0 Å². The summed E-state index contributed by atoms with van der Waals surface area (Å²) in [5, 5.41) is 4.77. The zero-order valence-electron chi connectivity index (χ0n) is 13.8. The van der Waals surface area contributed by atoms with E-state index in [0.29, 0.717) is 6.04 Å². The molecule has 2 N–H and O–H groups in total. The molecule has 0 radical (unpaired) electrons. The van der Waals surface area contributed by atoms with Crippen molar-refractivity contribution in [1.29, 1.82) is 0 Å². The van der Waals surface area contributed by atoms with Crippen LogP contribution in [0.2, 0.25) is 0 Å². The number of nitrogens with two attached hydrogens (primary N) is 1. The third-order valence-electron chi connectivity index (χ3n) is 4.81. The largest absolute Gasteiger partial charge is 0.330 e. The minimum Gasteiger partial charge on any atom is -0.330 e. The predicted molar refractivity (Wildman–Crippen MR) is 88.2 cm³/mol. The molecule has 1 unspecified atom stereocenters. The van der Waals surface area contributed by atoms with Gasteiger partial charge in [0.15, 0.2) is 0 Å². The lowest BCUT2D eigenvalue weighted by atomic mass is 9.94. The summed E-state index contributed by atoms with van der Waals surface area (Å²) in [5.74, 6) is 0. The van der Waals surface area contributed by atoms with Crippen molar-refractivity contribution in [2.24, 2.45) is 5.73 Å². The van der Waals surface area contributed by atoms with Gasteiger partial charge in [-0.1, -0.05) is 26.2 Å². The monoisotopic (exact) mass is 292 g/mol. The molecule has 120 valence electrons. The first-order chi connectivity index (χ1) is 10.2. The summed E-state index contributed by atoms with van der Waals surface area (Å²) in [6.07, 6.45) is 11.2. The molecule has 1 fully saturated rings. The van der Waals surface area contributed by atoms with Crippen LogP contribution in [0.1, 0.15) is 70.5 Å². The van der Waals surface area contributed by atoms with Gasteiger partial charge in [0.1, 0.15) is 0 Å². The molecule has 1 aromatic heterocycles. The number of rotatable bonds is 8. The van der Waals surface area contributed by atoms with Crippen molar-refractivity contribution in [3.05, 3.63) is 18.0 Å². The third-order valence-corrected chi connectivity index (χ3v) is 4.81. The van der Waals surface area contributed by atoms with Crippen LogP contribution in [0.4, 0.5) is 0 Å². The highest BCUT2D eigenvalue weighted by molar-refractivity contribution is 5.00. The molecule has 4 nitrogen and oxygen atoms in total. The first-order valence-electron chi connectivity index (χ1n) is 8.72. The van der Waals surface area contributed by atoms with Gasteiger partial charge in [-0.25, -0.2) is 0 Å². The van der Waals surface area contributed by atoms with Crippen molar-refractivity contribution in [1.82, 2.24) is 14.7 Å². The Kier molecular flexibility index (Phi) is 6.71. The van der Waals surface area contributed by atoms with E-state index in [1.807, 2.05) is 0 Å². The van der Waals surface area contributed by atoms with Crippen molar-refractivity contribution in [2.45, 2.75) is 77.4 Å². The molecule has 0 aromatic carbocycles. The molecule has 1 aliphatic rings. The van der Waals surface area contributed by atoms with E-state index in [-0.39, 0.29) is 0 Å². The van der Waals surface area contributed by atoms with Crippen LogP contribution in [0, 0.1) is 0 Å². The average Bonchev–Trinajstić information content (AvgIpc) is 3.00. The summed E-state index contributed by atoms with van der Waals surface area (Å²) < 4.78 is 2.11. The molecule has 4 heteroatoms. The molecule has 0 bridgehead atoms. The highest BCUT2D eigenvalue weighted by Crippen LogP contribution is 2.24. The topological polar surface area (TPSA) is 47.1 Å². The Balaban J connectivity index is 1.98. The SMILES string of the molecule is CCC(C)n1ccc(CN(CCCN)C2CCCCC2)n1. The van der Waals surface area contributed by atoms with Crippen molar-refractivity contribution in [3.8, 4) is 0 Å². The number of nitrogens with zero attached hydrogens (tertiary/aromatic N) is 3. The standard InChI is InChI=1S/C17H32N4/c1-3-15(2)21-13-10-16(19-21)14-20(12-7-11-18)17-8-5-4-6-9-17/h10,13,15,17H,3-9,11-12,14,18H2,1-2H3. The maximum Gasteiger partial charge on any atom is 0.0764 e. The molecule has 0 aliphatic heterocycles. The Bertz CT molecular complexity index is 395. The Labute approximate surface area is 129 Å². The summed E-state index contributed by atoms with van der Waals surface area (Å²) in [6.45, 7) is 7.31. The minimum atomic E-state index is 0.492. The van der Waals surface area contributed by atoms with E-state index in [9.17, 15) is 0 Å². The molecule has 1 heterocycles. The second-order valence-electron chi connectivity index (χ2n) is 6.45. The molecule has 0 amide bonds. The van der Waals surface area contributed by atoms with Crippen LogP contribution in [0.3, 0.4) is 0 Å². The number of hydrogen-bond donors (Lipinski definition) is 1. The first kappa shape index (κ1) is 16.5. The lowest BCUT2D eigenvalue weighted by molar-refractivity contribution is 0.145. The van der Waals surface area contributed by atoms with Crippen LogP contribution < -0.4 is 5.73 Å². The van der Waals surface area contributed by atoms with Crippen LogP contribution in [0.25, 0.3) is 0 Å². The summed E-state index contributed by atoms with van der Waals surface area (Å²) in [7, 11) is 0. The van der Waals surface area contributed by atoms with Crippen molar-refractivity contribution in [2.75, 3.05) is 13.1 Å². The van der Waals surface area contributed by atoms with E-state index in [1.54, 1.807) is 0 Å². The number of aromatic nitrogens is 2. The molecule has 0 spiro atoms. The van der Waals surface area contributed by atoms with E-state index in [1.165, 1.54) is 37.8 Å². The summed E-state index contributed by atoms with van der Waals surface area (Å²) >= 11 is 0. The highest BCUT2D eigenvalue weighted by atomic mass is 15.3. The Morgan fingerprint density at radius 1 is 1.38 bits per heavy atom. The number of hydrogen-bond acceptors (Lipinski definition) is 3. The van der Waals surface area contributed by atoms with Crippen molar-refractivity contribution >= 4 is 0 Å². The van der Waals surface area contributed by atoms with E-state index in [0.717, 1.165) is 38.5 Å². The van der Waals surface area contributed by atoms with Gasteiger partial charge >= 0.3 is 0 Å². The maximum atomic E-state index is 5.72. The quantitative estimate of drug-likeness (QED) is 0.799. The lowest BCUT2D eigenvalue weighted by Crippen LogP contribution is -2.37. The van der Waals surface area contributed by atoms with Gasteiger partial charge in [-0.3, -0.25) is 9.58 Å². The van der Waals surface area contributed by atoms with Gasteiger partial charge < -0.3 is 5.73 Å². The van der Waals surface area contributed by atoms with E-state index >= 15 is 0 Å². The second-order valence-corrected chi connectivity index (χ2v) is 6.45. The highest BCUT2D eigenvalue weighted by Gasteiger charge is 2.21. The van der Waals surface area contributed by atoms with Gasteiger partial charge in [-0.2, -0.15) is 5.10 Å². The second kappa shape index (κ2) is 8.54. The smallest absolute Gasteiger partial charge is 0.0764 e. The van der Waals surface area contributed by atoms with Crippen LogP contribution >= 0.6 is 0 Å². The normalized spacial score (nSPS) is 18.3. The molecule has 21 heavy (non-hydrogen) atoms. The molecule has 1 saturated carbocycles. The van der Waals surface area contributed by atoms with Gasteiger partial charge in [0.25, 0.3) is 0 Å². The lowest BCUT2D eigenvalue weighted by Gasteiger charge is -2.33. The molecular weight excluding hydrogens is 260 g/mol. The first-order valence-corrected chi connectivity index (χ1v) is 8.72. The zero-order chi connectivity index (χ0) is 15.1. The summed E-state index contributed by atoms with van der Waals surface area (Å²) in [5.41, 5.74) is 6.92. The van der Waals surface area contributed by atoms with E-state index < -0.39 is 0 Å². The van der Waals surface area contributed by atoms with Gasteiger partial charge in [0.2, 0.25) is 0 Å². The fraction of sp³-hybridized carbons (Fsp3) is 0.824. The molecule has 0 saturated heterocycles. The average molecular weight is 292 g/mol. The summed E-state index contributed by atoms with van der Waals surface area (Å²) in [6, 6.07) is 3.41. The van der Waals surface area contributed by atoms with Crippen molar-refractivity contribution < 1.29 is 0 Å². The fourth-order valence-corrected chi connectivity index (χ4v) is 3.23. The molecule has 1 aliphatic carbocycles. The molecular formula is C17H32N4. The Hall–Kier alpha value is -0.870. The van der Waals surface area contributed by atoms with Gasteiger partial charge in [0, 0.05) is 31.4 Å². The minimum absolute atomic E-state index is 0.492. The zero-order valence-corrected chi connectivity index (χ0v) is 13.8. The van der Waals surface area contributed by atoms with Gasteiger partial charge in [-0.15, -0.1) is 0 Å². The third kappa shape index (κ3) is 4.82. The molecule has 2 rings (SSSR count). The van der Waals surface area contributed by atoms with E-state index in [4.69, 9.17) is 10.8 Å². The van der Waals surface area contributed by atoms with Crippen LogP contribution in [0.5, 0.6) is 0 Å². The van der Waals surface area contributed by atoms with Crippen LogP contribution in [-0.4, -0.2) is 33.8 Å². The Morgan fingerprint density at radius 3 is 2.81 bits per heavy atom. The fourth-order valence-electron chi connectivity index (χ4n) is 3.23.